The molecule has 4 rings (SSSR count). The van der Waals surface area contributed by atoms with Crippen LogP contribution < -0.4 is 10.0 Å². The number of carbonyl (C=O) groups is 1. The molecule has 1 unspecified atom stereocenters. The molecule has 38 heavy (non-hydrogen) atoms. The minimum absolute atomic E-state index is 0.0305. The van der Waals surface area contributed by atoms with Crippen molar-refractivity contribution < 1.29 is 13.2 Å². The van der Waals surface area contributed by atoms with Gasteiger partial charge < -0.3 is 10.2 Å². The standard InChI is InChI=1S/C31H39N3O3S/c1-23(2)31(35)32-28-11-7-10-27(22-28)25-16-19-34(20-17-25)21-18-30(26-8-5-4-6-9-26)33-38(36,37)29-14-12-24(3)13-15-29/h4-15,22-23,25,30,33H,16-21H2,1-3H3,(H,32,35). The fourth-order valence-corrected chi connectivity index (χ4v) is 6.17. The highest BCUT2D eigenvalue weighted by Gasteiger charge is 2.25. The summed E-state index contributed by atoms with van der Waals surface area (Å²) in [4.78, 5) is 14.8. The van der Waals surface area contributed by atoms with Crippen molar-refractivity contribution in [3.63, 3.8) is 0 Å². The Kier molecular flexibility index (Phi) is 9.36. The zero-order valence-electron chi connectivity index (χ0n) is 22.6. The molecule has 3 aromatic rings. The summed E-state index contributed by atoms with van der Waals surface area (Å²) in [5.74, 6) is 0.429. The second kappa shape index (κ2) is 12.7. The van der Waals surface area contributed by atoms with E-state index in [4.69, 9.17) is 0 Å². The zero-order valence-corrected chi connectivity index (χ0v) is 23.4. The van der Waals surface area contributed by atoms with Crippen molar-refractivity contribution in [1.82, 2.24) is 9.62 Å². The van der Waals surface area contributed by atoms with Crippen LogP contribution in [0.4, 0.5) is 5.69 Å². The molecule has 1 heterocycles. The lowest BCUT2D eigenvalue weighted by Crippen LogP contribution is -2.36. The van der Waals surface area contributed by atoms with E-state index in [0.717, 1.165) is 49.3 Å². The van der Waals surface area contributed by atoms with Crippen LogP contribution in [-0.4, -0.2) is 38.9 Å². The Morgan fingerprint density at radius 2 is 1.63 bits per heavy atom. The summed E-state index contributed by atoms with van der Waals surface area (Å²) in [7, 11) is -3.64. The smallest absolute Gasteiger partial charge is 0.241 e. The molecule has 0 bridgehead atoms. The molecule has 0 aliphatic carbocycles. The number of hydrogen-bond donors (Lipinski definition) is 2. The van der Waals surface area contributed by atoms with Gasteiger partial charge in [0.15, 0.2) is 0 Å². The highest BCUT2D eigenvalue weighted by molar-refractivity contribution is 7.89. The molecule has 0 aromatic heterocycles. The first-order valence-corrected chi connectivity index (χ1v) is 15.0. The first kappa shape index (κ1) is 28.0. The van der Waals surface area contributed by atoms with Gasteiger partial charge in [-0.15, -0.1) is 0 Å². The number of nitrogens with zero attached hydrogens (tertiary/aromatic N) is 1. The average Bonchev–Trinajstić information content (AvgIpc) is 2.92. The second-order valence-corrected chi connectivity index (χ2v) is 12.3. The van der Waals surface area contributed by atoms with Crippen LogP contribution in [0.3, 0.4) is 0 Å². The maximum Gasteiger partial charge on any atom is 0.241 e. The molecule has 0 radical (unpaired) electrons. The van der Waals surface area contributed by atoms with E-state index in [1.165, 1.54) is 5.56 Å². The monoisotopic (exact) mass is 533 g/mol. The fourth-order valence-electron chi connectivity index (χ4n) is 4.91. The van der Waals surface area contributed by atoms with Crippen LogP contribution in [0.1, 0.15) is 61.8 Å². The Labute approximate surface area is 227 Å². The van der Waals surface area contributed by atoms with E-state index >= 15 is 0 Å². The Bertz CT molecular complexity index is 1300. The molecule has 1 amide bonds. The molecule has 2 N–H and O–H groups in total. The number of piperidine rings is 1. The SMILES string of the molecule is Cc1ccc(S(=O)(=O)NC(CCN2CCC(c3cccc(NC(=O)C(C)C)c3)CC2)c2ccccc2)cc1. The van der Waals surface area contributed by atoms with Crippen molar-refractivity contribution in [2.45, 2.75) is 56.9 Å². The number of nitrogens with one attached hydrogen (secondary N) is 2. The lowest BCUT2D eigenvalue weighted by Gasteiger charge is -2.33. The van der Waals surface area contributed by atoms with Gasteiger partial charge in [0.2, 0.25) is 15.9 Å². The maximum atomic E-state index is 13.2. The van der Waals surface area contributed by atoms with Crippen LogP contribution in [0.5, 0.6) is 0 Å². The van der Waals surface area contributed by atoms with Crippen LogP contribution >= 0.6 is 0 Å². The van der Waals surface area contributed by atoms with Crippen LogP contribution in [0.25, 0.3) is 0 Å². The van der Waals surface area contributed by atoms with Gasteiger partial charge in [-0.05, 0) is 87.1 Å². The minimum Gasteiger partial charge on any atom is -0.326 e. The van der Waals surface area contributed by atoms with E-state index in [0.29, 0.717) is 12.3 Å². The number of aryl methyl sites for hydroxylation is 1. The van der Waals surface area contributed by atoms with Gasteiger partial charge in [0, 0.05) is 17.6 Å². The van der Waals surface area contributed by atoms with Crippen molar-refractivity contribution in [1.29, 1.82) is 0 Å². The summed E-state index contributed by atoms with van der Waals surface area (Å²) in [6.45, 7) is 8.46. The highest BCUT2D eigenvalue weighted by atomic mass is 32.2. The van der Waals surface area contributed by atoms with Crippen LogP contribution in [0, 0.1) is 12.8 Å². The molecular weight excluding hydrogens is 494 g/mol. The molecule has 3 aromatic carbocycles. The molecule has 202 valence electrons. The number of anilines is 1. The van der Waals surface area contributed by atoms with Gasteiger partial charge in [0.05, 0.1) is 4.90 Å². The van der Waals surface area contributed by atoms with E-state index in [9.17, 15) is 13.2 Å². The molecule has 0 spiro atoms. The van der Waals surface area contributed by atoms with Gasteiger partial charge in [0.1, 0.15) is 0 Å². The number of hydrogen-bond acceptors (Lipinski definition) is 4. The minimum atomic E-state index is -3.64. The quantitative estimate of drug-likeness (QED) is 0.341. The summed E-state index contributed by atoms with van der Waals surface area (Å²) in [5, 5.41) is 3.01. The van der Waals surface area contributed by atoms with Gasteiger partial charge in [-0.2, -0.15) is 0 Å². The topological polar surface area (TPSA) is 78.5 Å². The third-order valence-electron chi connectivity index (χ3n) is 7.30. The van der Waals surface area contributed by atoms with Crippen LogP contribution in [-0.2, 0) is 14.8 Å². The van der Waals surface area contributed by atoms with Crippen molar-refractivity contribution >= 4 is 21.6 Å². The van der Waals surface area contributed by atoms with Gasteiger partial charge in [-0.1, -0.05) is 74.0 Å². The molecule has 6 nitrogen and oxygen atoms in total. The normalized spacial score (nSPS) is 15.9. The summed E-state index contributed by atoms with van der Waals surface area (Å²) in [6, 6.07) is 24.7. The van der Waals surface area contributed by atoms with E-state index in [2.05, 4.69) is 27.1 Å². The third-order valence-corrected chi connectivity index (χ3v) is 8.79. The molecule has 0 saturated carbocycles. The van der Waals surface area contributed by atoms with E-state index in [1.807, 2.05) is 75.4 Å². The maximum absolute atomic E-state index is 13.2. The molecule has 1 fully saturated rings. The third kappa shape index (κ3) is 7.53. The predicted octanol–water partition coefficient (Wildman–Crippen LogP) is 5.88. The van der Waals surface area contributed by atoms with Crippen molar-refractivity contribution in [3.8, 4) is 0 Å². The molecule has 1 saturated heterocycles. The number of carbonyl (C=O) groups excluding carboxylic acids is 1. The molecule has 1 aliphatic rings. The number of likely N-dealkylation sites (tertiary alicyclic amines) is 1. The first-order valence-electron chi connectivity index (χ1n) is 13.5. The van der Waals surface area contributed by atoms with Crippen LogP contribution in [0.2, 0.25) is 0 Å². The summed E-state index contributed by atoms with van der Waals surface area (Å²) in [6.07, 6.45) is 2.76. The Morgan fingerprint density at radius 1 is 0.947 bits per heavy atom. The molecule has 1 aliphatic heterocycles. The van der Waals surface area contributed by atoms with Gasteiger partial charge in [0.25, 0.3) is 0 Å². The first-order chi connectivity index (χ1) is 18.2. The van der Waals surface area contributed by atoms with E-state index in [1.54, 1.807) is 12.1 Å². The van der Waals surface area contributed by atoms with Gasteiger partial charge in [-0.3, -0.25) is 4.79 Å². The zero-order chi connectivity index (χ0) is 27.1. The Morgan fingerprint density at radius 3 is 2.29 bits per heavy atom. The second-order valence-electron chi connectivity index (χ2n) is 10.6. The number of sulfonamides is 1. The predicted molar refractivity (Wildman–Crippen MR) is 154 cm³/mol. The van der Waals surface area contributed by atoms with Crippen LogP contribution in [0.15, 0.2) is 83.8 Å². The number of rotatable bonds is 10. The average molecular weight is 534 g/mol. The van der Waals surface area contributed by atoms with Crippen molar-refractivity contribution in [2.24, 2.45) is 5.92 Å². The highest BCUT2D eigenvalue weighted by Crippen LogP contribution is 2.30. The van der Waals surface area contributed by atoms with Crippen molar-refractivity contribution in [3.05, 3.63) is 95.6 Å². The number of amides is 1. The van der Waals surface area contributed by atoms with Crippen molar-refractivity contribution in [2.75, 3.05) is 25.0 Å². The largest absolute Gasteiger partial charge is 0.326 e. The fraction of sp³-hybridized carbons (Fsp3) is 0.387. The summed E-state index contributed by atoms with van der Waals surface area (Å²) in [5.41, 5.74) is 4.12. The molecule has 7 heteroatoms. The lowest BCUT2D eigenvalue weighted by molar-refractivity contribution is -0.118. The lowest BCUT2D eigenvalue weighted by atomic mass is 9.89. The van der Waals surface area contributed by atoms with E-state index < -0.39 is 10.0 Å². The van der Waals surface area contributed by atoms with Gasteiger partial charge >= 0.3 is 0 Å². The number of benzene rings is 3. The summed E-state index contributed by atoms with van der Waals surface area (Å²) < 4.78 is 29.3. The van der Waals surface area contributed by atoms with E-state index in [-0.39, 0.29) is 22.8 Å². The summed E-state index contributed by atoms with van der Waals surface area (Å²) >= 11 is 0. The Balaban J connectivity index is 1.36. The molecular formula is C31H39N3O3S. The van der Waals surface area contributed by atoms with Gasteiger partial charge in [-0.25, -0.2) is 13.1 Å². The Hall–Kier alpha value is -3.00. The molecule has 1 atom stereocenters.